The number of thiazole rings is 1. The van der Waals surface area contributed by atoms with Crippen molar-refractivity contribution in [1.29, 1.82) is 0 Å². The van der Waals surface area contributed by atoms with Crippen LogP contribution in [0.25, 0.3) is 0 Å². The van der Waals surface area contributed by atoms with Gasteiger partial charge in [0.15, 0.2) is 5.13 Å². The van der Waals surface area contributed by atoms with Crippen molar-refractivity contribution in [3.05, 3.63) is 77.1 Å². The highest BCUT2D eigenvalue weighted by molar-refractivity contribution is 7.15. The second-order valence-electron chi connectivity index (χ2n) is 8.81. The van der Waals surface area contributed by atoms with E-state index in [1.165, 1.54) is 18.1 Å². The summed E-state index contributed by atoms with van der Waals surface area (Å²) in [5.74, 6) is 0.694. The van der Waals surface area contributed by atoms with Crippen LogP contribution in [0.2, 0.25) is 0 Å². The molecule has 0 radical (unpaired) electrons. The summed E-state index contributed by atoms with van der Waals surface area (Å²) in [6.45, 7) is 15.2. The number of nitrogens with one attached hydrogen (secondary N) is 3. The maximum Gasteiger partial charge on any atom is 0.247 e. The number of hydrogen-bond donors (Lipinski definition) is 3. The number of likely N-dealkylation sites (N-methyl/N-ethyl adjacent to an activating group) is 2. The number of dihydropyridines is 1. The number of aromatic nitrogens is 1. The summed E-state index contributed by atoms with van der Waals surface area (Å²) in [6, 6.07) is 7.86. The summed E-state index contributed by atoms with van der Waals surface area (Å²) < 4.78 is 0. The lowest BCUT2D eigenvalue weighted by Gasteiger charge is -2.28. The Balaban J connectivity index is 1.78. The SMILES string of the molecule is C=CC(=O)Nc1cccc(C2C=C(CN(C)CCN(CC)CCC)C=C(Nc3ncc(C)s3)N2)c1. The van der Waals surface area contributed by atoms with Gasteiger partial charge in [0, 0.05) is 36.4 Å². The van der Waals surface area contributed by atoms with Crippen LogP contribution < -0.4 is 16.0 Å². The predicted molar refractivity (Wildman–Crippen MR) is 148 cm³/mol. The Labute approximate surface area is 213 Å². The standard InChI is InChI=1S/C27H38N6OS/c1-6-12-33(8-3)14-13-32(5)19-21-15-24(22-10-9-11-23(17-22)29-26(34)7-2)30-25(16-21)31-27-28-18-20(4)35-27/h7,9-11,15-18,24,30H,2,6,8,12-14,19H2,1,3-5H3,(H,28,31)(H,29,34). The minimum Gasteiger partial charge on any atom is -0.361 e. The number of carbonyl (C=O) groups is 1. The van der Waals surface area contributed by atoms with Crippen LogP contribution in [0.15, 0.2) is 66.7 Å². The van der Waals surface area contributed by atoms with Crippen molar-refractivity contribution in [3.8, 4) is 0 Å². The average molecular weight is 495 g/mol. The van der Waals surface area contributed by atoms with Gasteiger partial charge in [0.1, 0.15) is 5.82 Å². The lowest BCUT2D eigenvalue weighted by molar-refractivity contribution is -0.111. The molecule has 3 N–H and O–H groups in total. The first-order valence-electron chi connectivity index (χ1n) is 12.2. The second kappa shape index (κ2) is 13.2. The van der Waals surface area contributed by atoms with Crippen LogP contribution in [0.1, 0.15) is 36.8 Å². The molecule has 1 aromatic carbocycles. The maximum atomic E-state index is 11.8. The summed E-state index contributed by atoms with van der Waals surface area (Å²) in [4.78, 5) is 22.3. The largest absolute Gasteiger partial charge is 0.361 e. The van der Waals surface area contributed by atoms with Gasteiger partial charge in [-0.25, -0.2) is 4.98 Å². The number of nitrogens with zero attached hydrogens (tertiary/aromatic N) is 3. The maximum absolute atomic E-state index is 11.8. The van der Waals surface area contributed by atoms with Crippen molar-refractivity contribution < 1.29 is 4.79 Å². The Bertz CT molecular complexity index is 1060. The van der Waals surface area contributed by atoms with Crippen LogP contribution in [0.5, 0.6) is 0 Å². The van der Waals surface area contributed by atoms with E-state index in [4.69, 9.17) is 0 Å². The van der Waals surface area contributed by atoms with Gasteiger partial charge in [-0.2, -0.15) is 0 Å². The lowest BCUT2D eigenvalue weighted by atomic mass is 10.00. The zero-order valence-corrected chi connectivity index (χ0v) is 22.1. The normalized spacial score (nSPS) is 15.4. The molecule has 0 bridgehead atoms. The van der Waals surface area contributed by atoms with Gasteiger partial charge >= 0.3 is 0 Å². The number of hydrogen-bond acceptors (Lipinski definition) is 7. The van der Waals surface area contributed by atoms with E-state index in [2.05, 4.69) is 83.4 Å². The average Bonchev–Trinajstić information content (AvgIpc) is 3.25. The molecule has 3 rings (SSSR count). The number of benzene rings is 1. The third-order valence-corrected chi connectivity index (χ3v) is 6.65. The second-order valence-corrected chi connectivity index (χ2v) is 10.0. The smallest absolute Gasteiger partial charge is 0.247 e. The molecule has 0 aliphatic carbocycles. The lowest BCUT2D eigenvalue weighted by Crippen LogP contribution is -2.35. The monoisotopic (exact) mass is 494 g/mol. The zero-order valence-electron chi connectivity index (χ0n) is 21.3. The minimum absolute atomic E-state index is 0.0419. The molecule has 1 unspecified atom stereocenters. The molecule has 1 atom stereocenters. The molecule has 0 fully saturated rings. The van der Waals surface area contributed by atoms with E-state index < -0.39 is 0 Å². The molecule has 35 heavy (non-hydrogen) atoms. The molecule has 1 amide bonds. The van der Waals surface area contributed by atoms with E-state index >= 15 is 0 Å². The van der Waals surface area contributed by atoms with Crippen molar-refractivity contribution in [2.75, 3.05) is 50.4 Å². The first-order chi connectivity index (χ1) is 16.9. The molecule has 0 spiro atoms. The molecule has 0 saturated heterocycles. The Hall–Kier alpha value is -2.94. The first-order valence-corrected chi connectivity index (χ1v) is 13.0. The van der Waals surface area contributed by atoms with Crippen LogP contribution in [0, 0.1) is 6.92 Å². The van der Waals surface area contributed by atoms with E-state index in [-0.39, 0.29) is 11.9 Å². The Morgan fingerprint density at radius 2 is 2.11 bits per heavy atom. The fraction of sp³-hybridized carbons (Fsp3) is 0.407. The van der Waals surface area contributed by atoms with Gasteiger partial charge in [-0.15, -0.1) is 11.3 Å². The summed E-state index contributed by atoms with van der Waals surface area (Å²) in [7, 11) is 2.17. The van der Waals surface area contributed by atoms with Gasteiger partial charge < -0.3 is 25.8 Å². The zero-order chi connectivity index (χ0) is 25.2. The van der Waals surface area contributed by atoms with Crippen LogP contribution >= 0.6 is 11.3 Å². The van der Waals surface area contributed by atoms with Gasteiger partial charge in [-0.05, 0) is 68.9 Å². The van der Waals surface area contributed by atoms with Crippen molar-refractivity contribution in [1.82, 2.24) is 20.1 Å². The Kier molecular flexibility index (Phi) is 10.1. The molecular formula is C27H38N6OS. The fourth-order valence-corrected chi connectivity index (χ4v) is 4.70. The van der Waals surface area contributed by atoms with Gasteiger partial charge in [0.25, 0.3) is 0 Å². The first kappa shape index (κ1) is 26.7. The number of amides is 1. The topological polar surface area (TPSA) is 72.5 Å². The molecule has 7 nitrogen and oxygen atoms in total. The van der Waals surface area contributed by atoms with Crippen LogP contribution in [0.3, 0.4) is 0 Å². The molecule has 1 aliphatic heterocycles. The van der Waals surface area contributed by atoms with E-state index in [1.54, 1.807) is 11.3 Å². The van der Waals surface area contributed by atoms with Gasteiger partial charge in [0.2, 0.25) is 5.91 Å². The number of anilines is 2. The van der Waals surface area contributed by atoms with Crippen molar-refractivity contribution in [2.45, 2.75) is 33.2 Å². The third kappa shape index (κ3) is 8.35. The third-order valence-electron chi connectivity index (χ3n) is 5.82. The molecule has 1 aromatic heterocycles. The summed E-state index contributed by atoms with van der Waals surface area (Å²) in [5, 5.41) is 10.7. The van der Waals surface area contributed by atoms with Crippen LogP contribution in [-0.2, 0) is 4.79 Å². The number of carbonyl (C=O) groups excluding carboxylic acids is 1. The predicted octanol–water partition coefficient (Wildman–Crippen LogP) is 4.76. The molecule has 2 aromatic rings. The Morgan fingerprint density at radius 3 is 2.80 bits per heavy atom. The summed E-state index contributed by atoms with van der Waals surface area (Å²) in [5.41, 5.74) is 3.04. The van der Waals surface area contributed by atoms with Crippen molar-refractivity contribution in [3.63, 3.8) is 0 Å². The molecule has 0 saturated carbocycles. The van der Waals surface area contributed by atoms with E-state index in [9.17, 15) is 4.79 Å². The van der Waals surface area contributed by atoms with Gasteiger partial charge in [0.05, 0.1) is 6.04 Å². The summed E-state index contributed by atoms with van der Waals surface area (Å²) >= 11 is 1.63. The highest BCUT2D eigenvalue weighted by Crippen LogP contribution is 2.27. The minimum atomic E-state index is -0.220. The molecule has 1 aliphatic rings. The molecule has 188 valence electrons. The van der Waals surface area contributed by atoms with E-state index in [0.29, 0.717) is 0 Å². The number of aryl methyl sites for hydroxylation is 1. The molecular weight excluding hydrogens is 456 g/mol. The highest BCUT2D eigenvalue weighted by atomic mass is 32.1. The molecule has 2 heterocycles. The molecule has 8 heteroatoms. The van der Waals surface area contributed by atoms with E-state index in [1.807, 2.05) is 24.4 Å². The van der Waals surface area contributed by atoms with Gasteiger partial charge in [-0.3, -0.25) is 4.79 Å². The highest BCUT2D eigenvalue weighted by Gasteiger charge is 2.19. The van der Waals surface area contributed by atoms with Crippen LogP contribution in [-0.4, -0.2) is 60.5 Å². The number of rotatable bonds is 13. The quantitative estimate of drug-likeness (QED) is 0.349. The summed E-state index contributed by atoms with van der Waals surface area (Å²) in [6.07, 6.45) is 8.75. The van der Waals surface area contributed by atoms with Gasteiger partial charge in [-0.1, -0.05) is 38.6 Å². The van der Waals surface area contributed by atoms with Crippen LogP contribution in [0.4, 0.5) is 10.8 Å². The fourth-order valence-electron chi connectivity index (χ4n) is 4.03. The Morgan fingerprint density at radius 1 is 1.29 bits per heavy atom. The van der Waals surface area contributed by atoms with Crippen molar-refractivity contribution >= 4 is 28.1 Å². The van der Waals surface area contributed by atoms with E-state index in [0.717, 1.165) is 59.8 Å². The van der Waals surface area contributed by atoms with Crippen molar-refractivity contribution in [2.24, 2.45) is 0 Å².